The molecule has 0 bridgehead atoms. The van der Waals surface area contributed by atoms with Gasteiger partial charge in [0.15, 0.2) is 0 Å². The van der Waals surface area contributed by atoms with Crippen molar-refractivity contribution in [3.8, 4) is 0 Å². The first kappa shape index (κ1) is 16.0. The largest absolute Gasteiger partial charge is 0.394 e. The molecule has 1 fully saturated rings. The molecule has 0 aromatic heterocycles. The molecule has 2 atom stereocenters. The number of aliphatic hydroxyl groups excluding tert-OH is 1. The number of halogens is 1. The number of hydrogen-bond donors (Lipinski definition) is 1. The number of carbonyl (C=O) groups is 1. The van der Waals surface area contributed by atoms with Crippen LogP contribution in [0.2, 0.25) is 5.02 Å². The molecule has 1 aliphatic rings. The van der Waals surface area contributed by atoms with Gasteiger partial charge in [0.2, 0.25) is 5.91 Å². The first-order valence-corrected chi connectivity index (χ1v) is 7.37. The number of carbonyl (C=O) groups excluding carboxylic acids is 1. The lowest BCUT2D eigenvalue weighted by molar-refractivity contribution is -0.141. The van der Waals surface area contributed by atoms with Crippen molar-refractivity contribution in [2.75, 3.05) is 19.8 Å². The first-order chi connectivity index (χ1) is 10.0. The number of aliphatic hydroxyl groups is 1. The predicted molar refractivity (Wildman–Crippen MR) is 83.1 cm³/mol. The molecule has 0 radical (unpaired) electrons. The maximum Gasteiger partial charge on any atom is 0.249 e. The first-order valence-electron chi connectivity index (χ1n) is 6.99. The third-order valence-electron chi connectivity index (χ3n) is 3.58. The summed E-state index contributed by atoms with van der Waals surface area (Å²) in [6.45, 7) is 4.49. The van der Waals surface area contributed by atoms with E-state index in [1.165, 1.54) is 0 Å². The Morgan fingerprint density at radius 2 is 2.24 bits per heavy atom. The van der Waals surface area contributed by atoms with Gasteiger partial charge in [-0.3, -0.25) is 4.79 Å². The minimum Gasteiger partial charge on any atom is -0.394 e. The molecule has 2 rings (SSSR count). The molecule has 0 aliphatic carbocycles. The fourth-order valence-corrected chi connectivity index (χ4v) is 2.51. The molecule has 1 aromatic rings. The Kier molecular flexibility index (Phi) is 5.39. The summed E-state index contributed by atoms with van der Waals surface area (Å²) in [7, 11) is 0. The van der Waals surface area contributed by atoms with Crippen LogP contribution in [0, 0.1) is 0 Å². The zero-order valence-corrected chi connectivity index (χ0v) is 13.0. The summed E-state index contributed by atoms with van der Waals surface area (Å²) in [4.78, 5) is 14.3. The SMILES string of the molecule is C/C(=C\c1ccccc1Cl)C(=O)N1CC(CO)OCC1C. The van der Waals surface area contributed by atoms with E-state index in [-0.39, 0.29) is 24.7 Å². The predicted octanol–water partition coefficient (Wildman–Crippen LogP) is 2.35. The summed E-state index contributed by atoms with van der Waals surface area (Å²) in [5.74, 6) is -0.0517. The van der Waals surface area contributed by atoms with Crippen molar-refractivity contribution in [3.05, 3.63) is 40.4 Å². The molecule has 114 valence electrons. The van der Waals surface area contributed by atoms with Crippen LogP contribution in [0.25, 0.3) is 6.08 Å². The van der Waals surface area contributed by atoms with Crippen LogP contribution in [0.5, 0.6) is 0 Å². The average Bonchev–Trinajstić information content (AvgIpc) is 2.49. The van der Waals surface area contributed by atoms with Gasteiger partial charge >= 0.3 is 0 Å². The maximum absolute atomic E-state index is 12.6. The number of morpholine rings is 1. The smallest absolute Gasteiger partial charge is 0.249 e. The van der Waals surface area contributed by atoms with E-state index in [9.17, 15) is 9.90 Å². The van der Waals surface area contributed by atoms with E-state index in [0.717, 1.165) is 5.56 Å². The number of rotatable bonds is 3. The maximum atomic E-state index is 12.6. The Balaban J connectivity index is 2.16. The second kappa shape index (κ2) is 7.07. The number of nitrogens with zero attached hydrogens (tertiary/aromatic N) is 1. The monoisotopic (exact) mass is 309 g/mol. The third-order valence-corrected chi connectivity index (χ3v) is 3.93. The highest BCUT2D eigenvalue weighted by Crippen LogP contribution is 2.20. The van der Waals surface area contributed by atoms with E-state index in [2.05, 4.69) is 0 Å². The highest BCUT2D eigenvalue weighted by Gasteiger charge is 2.29. The third kappa shape index (κ3) is 3.84. The van der Waals surface area contributed by atoms with Gasteiger partial charge in [0.25, 0.3) is 0 Å². The Morgan fingerprint density at radius 3 is 2.90 bits per heavy atom. The molecular weight excluding hydrogens is 290 g/mol. The summed E-state index contributed by atoms with van der Waals surface area (Å²) in [5.41, 5.74) is 1.44. The highest BCUT2D eigenvalue weighted by molar-refractivity contribution is 6.32. The normalized spacial score (nSPS) is 23.2. The van der Waals surface area contributed by atoms with Crippen LogP contribution in [0.3, 0.4) is 0 Å². The van der Waals surface area contributed by atoms with Crippen molar-refractivity contribution in [1.29, 1.82) is 0 Å². The molecule has 0 saturated carbocycles. The van der Waals surface area contributed by atoms with Gasteiger partial charge in [0.05, 0.1) is 25.4 Å². The second-order valence-electron chi connectivity index (χ2n) is 5.29. The lowest BCUT2D eigenvalue weighted by Gasteiger charge is -2.37. The minimum atomic E-state index is -0.307. The summed E-state index contributed by atoms with van der Waals surface area (Å²) >= 11 is 6.11. The van der Waals surface area contributed by atoms with Crippen molar-refractivity contribution in [3.63, 3.8) is 0 Å². The fraction of sp³-hybridized carbons (Fsp3) is 0.438. The van der Waals surface area contributed by atoms with Crippen molar-refractivity contribution in [1.82, 2.24) is 4.90 Å². The number of amides is 1. The van der Waals surface area contributed by atoms with Gasteiger partial charge in [0, 0.05) is 17.1 Å². The molecule has 4 nitrogen and oxygen atoms in total. The summed E-state index contributed by atoms with van der Waals surface area (Å²) < 4.78 is 5.45. The van der Waals surface area contributed by atoms with Crippen LogP contribution in [-0.2, 0) is 9.53 Å². The van der Waals surface area contributed by atoms with Crippen LogP contribution in [0.15, 0.2) is 29.8 Å². The van der Waals surface area contributed by atoms with Crippen LogP contribution in [0.4, 0.5) is 0 Å². The van der Waals surface area contributed by atoms with Gasteiger partial charge in [-0.15, -0.1) is 0 Å². The summed E-state index contributed by atoms with van der Waals surface area (Å²) in [5, 5.41) is 9.81. The summed E-state index contributed by atoms with van der Waals surface area (Å²) in [6.07, 6.45) is 1.49. The number of ether oxygens (including phenoxy) is 1. The average molecular weight is 310 g/mol. The van der Waals surface area contributed by atoms with Crippen LogP contribution in [0.1, 0.15) is 19.4 Å². The second-order valence-corrected chi connectivity index (χ2v) is 5.70. The van der Waals surface area contributed by atoms with Gasteiger partial charge in [-0.2, -0.15) is 0 Å². The molecule has 1 aliphatic heterocycles. The molecule has 1 heterocycles. The van der Waals surface area contributed by atoms with Crippen molar-refractivity contribution in [2.45, 2.75) is 26.0 Å². The molecule has 2 unspecified atom stereocenters. The van der Waals surface area contributed by atoms with E-state index in [0.29, 0.717) is 23.7 Å². The highest BCUT2D eigenvalue weighted by atomic mass is 35.5. The molecule has 0 spiro atoms. The quantitative estimate of drug-likeness (QED) is 0.872. The lowest BCUT2D eigenvalue weighted by atomic mass is 10.1. The van der Waals surface area contributed by atoms with E-state index < -0.39 is 0 Å². The van der Waals surface area contributed by atoms with Crippen molar-refractivity contribution < 1.29 is 14.6 Å². The van der Waals surface area contributed by atoms with Gasteiger partial charge in [0.1, 0.15) is 0 Å². The molecule has 1 N–H and O–H groups in total. The van der Waals surface area contributed by atoms with Crippen LogP contribution in [-0.4, -0.2) is 47.8 Å². The zero-order chi connectivity index (χ0) is 15.4. The zero-order valence-electron chi connectivity index (χ0n) is 12.3. The lowest BCUT2D eigenvalue weighted by Crippen LogP contribution is -2.52. The van der Waals surface area contributed by atoms with E-state index >= 15 is 0 Å². The van der Waals surface area contributed by atoms with Gasteiger partial charge in [-0.1, -0.05) is 29.8 Å². The number of benzene rings is 1. The topological polar surface area (TPSA) is 49.8 Å². The van der Waals surface area contributed by atoms with Crippen LogP contribution >= 0.6 is 11.6 Å². The van der Waals surface area contributed by atoms with Gasteiger partial charge in [-0.05, 0) is 31.6 Å². The standard InChI is InChI=1S/C16H20ClNO3/c1-11(7-13-5-3-4-6-15(13)17)16(20)18-8-14(9-19)21-10-12(18)2/h3-7,12,14,19H,8-10H2,1-2H3/b11-7+. The van der Waals surface area contributed by atoms with Gasteiger partial charge < -0.3 is 14.7 Å². The Morgan fingerprint density at radius 1 is 1.52 bits per heavy atom. The van der Waals surface area contributed by atoms with Crippen molar-refractivity contribution in [2.24, 2.45) is 0 Å². The minimum absolute atomic E-state index is 0.00473. The molecule has 1 aromatic carbocycles. The molecular formula is C16H20ClNO3. The molecule has 21 heavy (non-hydrogen) atoms. The van der Waals surface area contributed by atoms with E-state index in [1.54, 1.807) is 24.0 Å². The number of hydrogen-bond acceptors (Lipinski definition) is 3. The Hall–Kier alpha value is -1.36. The van der Waals surface area contributed by atoms with Crippen molar-refractivity contribution >= 4 is 23.6 Å². The fourth-order valence-electron chi connectivity index (χ4n) is 2.32. The van der Waals surface area contributed by atoms with E-state index in [1.807, 2.05) is 25.1 Å². The van der Waals surface area contributed by atoms with Gasteiger partial charge in [-0.25, -0.2) is 0 Å². The molecule has 1 amide bonds. The molecule has 1 saturated heterocycles. The summed E-state index contributed by atoms with van der Waals surface area (Å²) in [6, 6.07) is 7.40. The van der Waals surface area contributed by atoms with E-state index in [4.69, 9.17) is 16.3 Å². The van der Waals surface area contributed by atoms with Crippen LogP contribution < -0.4 is 0 Å². The molecule has 5 heteroatoms. The Labute approximate surface area is 130 Å². The Bertz CT molecular complexity index is 544.